The van der Waals surface area contributed by atoms with Crippen LogP contribution in [-0.2, 0) is 9.53 Å². The Bertz CT molecular complexity index is 228. The Morgan fingerprint density at radius 2 is 2.14 bits per heavy atom. The van der Waals surface area contributed by atoms with E-state index < -0.39 is 5.60 Å². The third-order valence-corrected chi connectivity index (χ3v) is 2.15. The maximum atomic E-state index is 11.7. The van der Waals surface area contributed by atoms with Gasteiger partial charge in [-0.2, -0.15) is 0 Å². The Morgan fingerprint density at radius 3 is 2.50 bits per heavy atom. The Labute approximate surface area is 86.4 Å². The van der Waals surface area contributed by atoms with Crippen molar-refractivity contribution in [3.05, 3.63) is 0 Å². The number of rotatable bonds is 5. The quantitative estimate of drug-likeness (QED) is 0.621. The molecule has 80 valence electrons. The number of ether oxygens (including phenoxy) is 1. The van der Waals surface area contributed by atoms with E-state index in [4.69, 9.17) is 11.2 Å². The molecule has 1 amide bonds. The molecule has 0 aliphatic carbocycles. The molecule has 0 fully saturated rings. The minimum Gasteiger partial charge on any atom is -0.378 e. The van der Waals surface area contributed by atoms with Crippen LogP contribution in [0.1, 0.15) is 27.2 Å². The largest absolute Gasteiger partial charge is 0.378 e. The Kier molecular flexibility index (Phi) is 5.26. The second-order valence-electron chi connectivity index (χ2n) is 3.75. The monoisotopic (exact) mass is 197 g/mol. The number of amides is 1. The Balaban J connectivity index is 4.25. The fourth-order valence-electron chi connectivity index (χ4n) is 1.03. The smallest absolute Gasteiger partial charge is 0.226 e. The lowest BCUT2D eigenvalue weighted by molar-refractivity contribution is -0.135. The van der Waals surface area contributed by atoms with Crippen molar-refractivity contribution in [2.24, 2.45) is 0 Å². The van der Waals surface area contributed by atoms with Gasteiger partial charge in [0.25, 0.3) is 0 Å². The summed E-state index contributed by atoms with van der Waals surface area (Å²) in [6.45, 7) is 6.69. The van der Waals surface area contributed by atoms with Crippen LogP contribution in [0.25, 0.3) is 0 Å². The van der Waals surface area contributed by atoms with Gasteiger partial charge in [0.05, 0.1) is 18.6 Å². The van der Waals surface area contributed by atoms with E-state index in [-0.39, 0.29) is 5.91 Å². The number of terminal acetylenes is 1. The first-order valence-corrected chi connectivity index (χ1v) is 4.73. The van der Waals surface area contributed by atoms with Gasteiger partial charge in [-0.05, 0) is 20.8 Å². The molecule has 0 saturated carbocycles. The molecule has 0 aromatic heterocycles. The molecule has 0 aromatic carbocycles. The molecule has 14 heavy (non-hydrogen) atoms. The molecule has 3 nitrogen and oxygen atoms in total. The van der Waals surface area contributed by atoms with Crippen molar-refractivity contribution in [1.82, 2.24) is 4.90 Å². The minimum atomic E-state index is -0.418. The van der Waals surface area contributed by atoms with E-state index in [1.54, 1.807) is 12.0 Å². The first-order chi connectivity index (χ1) is 6.46. The van der Waals surface area contributed by atoms with Crippen LogP contribution in [-0.4, -0.2) is 36.6 Å². The Morgan fingerprint density at radius 1 is 1.57 bits per heavy atom. The summed E-state index contributed by atoms with van der Waals surface area (Å²) >= 11 is 0. The Hall–Kier alpha value is -1.01. The maximum absolute atomic E-state index is 11.7. The molecular formula is C11H19NO2. The standard InChI is InChI=1S/C11H19NO2/c1-6-8-12(7-2)10(13)9-11(3,4)14-5/h1H,7-9H2,2-5H3. The van der Waals surface area contributed by atoms with Gasteiger partial charge in [0, 0.05) is 13.7 Å². The fourth-order valence-corrected chi connectivity index (χ4v) is 1.03. The second kappa shape index (κ2) is 5.66. The van der Waals surface area contributed by atoms with Crippen molar-refractivity contribution >= 4 is 5.91 Å². The summed E-state index contributed by atoms with van der Waals surface area (Å²) in [6.07, 6.45) is 5.52. The first kappa shape index (κ1) is 13.0. The molecule has 0 N–H and O–H groups in total. The van der Waals surface area contributed by atoms with E-state index in [1.165, 1.54) is 0 Å². The van der Waals surface area contributed by atoms with Gasteiger partial charge in [0.1, 0.15) is 0 Å². The summed E-state index contributed by atoms with van der Waals surface area (Å²) in [5.41, 5.74) is -0.418. The number of carbonyl (C=O) groups excluding carboxylic acids is 1. The van der Waals surface area contributed by atoms with Crippen LogP contribution in [0.3, 0.4) is 0 Å². The number of hydrogen-bond acceptors (Lipinski definition) is 2. The molecule has 0 atom stereocenters. The van der Waals surface area contributed by atoms with Crippen LogP contribution in [0.5, 0.6) is 0 Å². The lowest BCUT2D eigenvalue weighted by atomic mass is 10.0. The normalized spacial score (nSPS) is 10.8. The highest BCUT2D eigenvalue weighted by molar-refractivity contribution is 5.77. The molecule has 0 aromatic rings. The van der Waals surface area contributed by atoms with Crippen LogP contribution in [0.15, 0.2) is 0 Å². The highest BCUT2D eigenvalue weighted by Crippen LogP contribution is 2.14. The van der Waals surface area contributed by atoms with Crippen LogP contribution in [0.4, 0.5) is 0 Å². The molecule has 0 bridgehead atoms. The van der Waals surface area contributed by atoms with Gasteiger partial charge in [-0.1, -0.05) is 5.92 Å². The highest BCUT2D eigenvalue weighted by Gasteiger charge is 2.23. The molecule has 0 spiro atoms. The zero-order chi connectivity index (χ0) is 11.2. The van der Waals surface area contributed by atoms with Crippen molar-refractivity contribution in [2.45, 2.75) is 32.8 Å². The maximum Gasteiger partial charge on any atom is 0.226 e. The van der Waals surface area contributed by atoms with Crippen LogP contribution < -0.4 is 0 Å². The van der Waals surface area contributed by atoms with E-state index in [1.807, 2.05) is 20.8 Å². The lowest BCUT2D eigenvalue weighted by Gasteiger charge is -2.26. The topological polar surface area (TPSA) is 29.5 Å². The molecular weight excluding hydrogens is 178 g/mol. The van der Waals surface area contributed by atoms with Gasteiger partial charge in [-0.15, -0.1) is 6.42 Å². The summed E-state index contributed by atoms with van der Waals surface area (Å²) in [7, 11) is 1.60. The van der Waals surface area contributed by atoms with Gasteiger partial charge in [0.15, 0.2) is 0 Å². The lowest BCUT2D eigenvalue weighted by Crippen LogP contribution is -2.37. The van der Waals surface area contributed by atoms with Crippen molar-refractivity contribution in [3.8, 4) is 12.3 Å². The zero-order valence-corrected chi connectivity index (χ0v) is 9.46. The van der Waals surface area contributed by atoms with Crippen LogP contribution in [0, 0.1) is 12.3 Å². The third kappa shape index (κ3) is 4.29. The molecule has 0 saturated heterocycles. The molecule has 0 unspecified atom stereocenters. The molecule has 0 rings (SSSR count). The van der Waals surface area contributed by atoms with Crippen molar-refractivity contribution in [2.75, 3.05) is 20.2 Å². The van der Waals surface area contributed by atoms with Gasteiger partial charge in [-0.3, -0.25) is 4.79 Å². The van der Waals surface area contributed by atoms with Gasteiger partial charge in [-0.25, -0.2) is 0 Å². The third-order valence-electron chi connectivity index (χ3n) is 2.15. The van der Waals surface area contributed by atoms with E-state index in [0.717, 1.165) is 0 Å². The first-order valence-electron chi connectivity index (χ1n) is 4.73. The molecule has 0 aliphatic heterocycles. The second-order valence-corrected chi connectivity index (χ2v) is 3.75. The minimum absolute atomic E-state index is 0.0392. The SMILES string of the molecule is C#CCN(CC)C(=O)CC(C)(C)OC. The number of hydrogen-bond donors (Lipinski definition) is 0. The average molecular weight is 197 g/mol. The zero-order valence-electron chi connectivity index (χ0n) is 9.46. The average Bonchev–Trinajstić information content (AvgIpc) is 2.13. The molecule has 0 aliphatic rings. The summed E-state index contributed by atoms with van der Waals surface area (Å²) in [5.74, 6) is 2.51. The van der Waals surface area contributed by atoms with Crippen molar-refractivity contribution in [1.29, 1.82) is 0 Å². The number of methoxy groups -OCH3 is 1. The number of carbonyl (C=O) groups is 1. The summed E-state index contributed by atoms with van der Waals surface area (Å²) in [4.78, 5) is 13.3. The summed E-state index contributed by atoms with van der Waals surface area (Å²) in [6, 6.07) is 0. The molecule has 3 heteroatoms. The van der Waals surface area contributed by atoms with E-state index >= 15 is 0 Å². The molecule has 0 heterocycles. The van der Waals surface area contributed by atoms with Crippen molar-refractivity contribution < 1.29 is 9.53 Å². The van der Waals surface area contributed by atoms with Crippen LogP contribution >= 0.6 is 0 Å². The van der Waals surface area contributed by atoms with E-state index in [9.17, 15) is 4.79 Å². The fraction of sp³-hybridized carbons (Fsp3) is 0.727. The van der Waals surface area contributed by atoms with E-state index in [2.05, 4.69) is 5.92 Å². The van der Waals surface area contributed by atoms with Gasteiger partial charge < -0.3 is 9.64 Å². The molecule has 0 radical (unpaired) electrons. The predicted molar refractivity (Wildman–Crippen MR) is 56.8 cm³/mol. The summed E-state index contributed by atoms with van der Waals surface area (Å²) in [5, 5.41) is 0. The predicted octanol–water partition coefficient (Wildman–Crippen LogP) is 1.28. The highest BCUT2D eigenvalue weighted by atomic mass is 16.5. The van der Waals surface area contributed by atoms with Crippen LogP contribution in [0.2, 0.25) is 0 Å². The van der Waals surface area contributed by atoms with Gasteiger partial charge >= 0.3 is 0 Å². The van der Waals surface area contributed by atoms with Crippen molar-refractivity contribution in [3.63, 3.8) is 0 Å². The van der Waals surface area contributed by atoms with E-state index in [0.29, 0.717) is 19.5 Å². The summed E-state index contributed by atoms with van der Waals surface area (Å²) < 4.78 is 5.18. The number of nitrogens with zero attached hydrogens (tertiary/aromatic N) is 1. The van der Waals surface area contributed by atoms with Gasteiger partial charge in [0.2, 0.25) is 5.91 Å².